The second-order valence-corrected chi connectivity index (χ2v) is 7.68. The number of hydrogen-bond acceptors (Lipinski definition) is 5. The molecule has 168 valence electrons. The Bertz CT molecular complexity index is 1120. The summed E-state index contributed by atoms with van der Waals surface area (Å²) in [7, 11) is 0. The molecule has 7 nitrogen and oxygen atoms in total. The summed E-state index contributed by atoms with van der Waals surface area (Å²) in [6.07, 6.45) is 1.83. The Balaban J connectivity index is 1.74. The molecule has 0 saturated heterocycles. The van der Waals surface area contributed by atoms with Crippen LogP contribution >= 0.6 is 0 Å². The molecule has 0 unspecified atom stereocenters. The van der Waals surface area contributed by atoms with Crippen molar-refractivity contribution in [2.45, 2.75) is 33.6 Å². The molecule has 0 atom stereocenters. The number of aromatic amines is 1. The molecule has 0 aliphatic heterocycles. The van der Waals surface area contributed by atoms with Gasteiger partial charge in [0.1, 0.15) is 11.5 Å². The van der Waals surface area contributed by atoms with E-state index in [1.807, 2.05) is 30.9 Å². The third-order valence-corrected chi connectivity index (χ3v) is 5.10. The minimum absolute atomic E-state index is 0.00418. The Morgan fingerprint density at radius 1 is 1.03 bits per heavy atom. The number of aryl methyl sites for hydroxylation is 1. The monoisotopic (exact) mass is 435 g/mol. The molecule has 0 saturated carbocycles. The average molecular weight is 436 g/mol. The zero-order valence-corrected chi connectivity index (χ0v) is 18.7. The quantitative estimate of drug-likeness (QED) is 0.527. The standard InChI is InChI=1S/C25H29N3O4/c1-4-12-28(13-5-2)24(30)16-32-20-9-6-18(7-10-20)21-15-22(27-25(31)26-21)19-8-11-23(29)17(3)14-19/h6-11,14-15,29H,4-5,12-13,16H2,1-3H3,(H,26,27,31). The molecule has 0 fully saturated rings. The van der Waals surface area contributed by atoms with Crippen LogP contribution in [-0.2, 0) is 4.79 Å². The van der Waals surface area contributed by atoms with E-state index in [1.165, 1.54) is 0 Å². The van der Waals surface area contributed by atoms with Gasteiger partial charge in [0.25, 0.3) is 5.91 Å². The lowest BCUT2D eigenvalue weighted by Gasteiger charge is -2.21. The number of phenolic OH excluding ortho intramolecular Hbond substituents is 1. The maximum absolute atomic E-state index is 12.4. The molecule has 1 aromatic heterocycles. The third kappa shape index (κ3) is 5.75. The van der Waals surface area contributed by atoms with Gasteiger partial charge in [-0.1, -0.05) is 13.8 Å². The summed E-state index contributed by atoms with van der Waals surface area (Å²) >= 11 is 0. The first-order valence-electron chi connectivity index (χ1n) is 10.8. The molecule has 3 aromatic rings. The molecule has 0 aliphatic carbocycles. The number of ether oxygens (including phenoxy) is 1. The van der Waals surface area contributed by atoms with Crippen molar-refractivity contribution in [1.82, 2.24) is 14.9 Å². The Morgan fingerprint density at radius 3 is 2.31 bits per heavy atom. The highest BCUT2D eigenvalue weighted by Crippen LogP contribution is 2.26. The van der Waals surface area contributed by atoms with Crippen LogP contribution in [0.4, 0.5) is 0 Å². The maximum atomic E-state index is 12.4. The Kier molecular flexibility index (Phi) is 7.65. The van der Waals surface area contributed by atoms with Gasteiger partial charge in [0.2, 0.25) is 0 Å². The van der Waals surface area contributed by atoms with Crippen LogP contribution < -0.4 is 10.4 Å². The first-order chi connectivity index (χ1) is 15.4. The van der Waals surface area contributed by atoms with Crippen LogP contribution in [0.2, 0.25) is 0 Å². The largest absolute Gasteiger partial charge is 0.508 e. The van der Waals surface area contributed by atoms with Crippen molar-refractivity contribution in [2.75, 3.05) is 19.7 Å². The van der Waals surface area contributed by atoms with Gasteiger partial charge in [0.15, 0.2) is 6.61 Å². The van der Waals surface area contributed by atoms with Crippen molar-refractivity contribution in [3.63, 3.8) is 0 Å². The van der Waals surface area contributed by atoms with Crippen LogP contribution in [-0.4, -0.2) is 45.6 Å². The topological polar surface area (TPSA) is 95.5 Å². The second kappa shape index (κ2) is 10.6. The Hall–Kier alpha value is -3.61. The Labute approximate surface area is 187 Å². The van der Waals surface area contributed by atoms with Gasteiger partial charge >= 0.3 is 5.69 Å². The number of nitrogens with one attached hydrogen (secondary N) is 1. The lowest BCUT2D eigenvalue weighted by Crippen LogP contribution is -2.36. The second-order valence-electron chi connectivity index (χ2n) is 7.68. The van der Waals surface area contributed by atoms with Gasteiger partial charge in [0, 0.05) is 18.7 Å². The van der Waals surface area contributed by atoms with Gasteiger partial charge in [-0.3, -0.25) is 4.79 Å². The van der Waals surface area contributed by atoms with Crippen LogP contribution in [0.1, 0.15) is 32.3 Å². The van der Waals surface area contributed by atoms with Gasteiger partial charge in [-0.2, -0.15) is 4.98 Å². The van der Waals surface area contributed by atoms with Crippen LogP contribution in [0.5, 0.6) is 11.5 Å². The number of amides is 1. The number of nitrogens with zero attached hydrogens (tertiary/aromatic N) is 2. The van der Waals surface area contributed by atoms with Crippen molar-refractivity contribution in [3.05, 3.63) is 64.6 Å². The summed E-state index contributed by atoms with van der Waals surface area (Å²) in [6.45, 7) is 7.34. The lowest BCUT2D eigenvalue weighted by molar-refractivity contribution is -0.133. The van der Waals surface area contributed by atoms with Gasteiger partial charge < -0.3 is 19.7 Å². The smallest absolute Gasteiger partial charge is 0.345 e. The number of H-pyrrole nitrogens is 1. The molecule has 2 N–H and O–H groups in total. The van der Waals surface area contributed by atoms with Crippen molar-refractivity contribution in [1.29, 1.82) is 0 Å². The summed E-state index contributed by atoms with van der Waals surface area (Å²) in [5.41, 5.74) is 2.92. The van der Waals surface area contributed by atoms with Crippen LogP contribution in [0.3, 0.4) is 0 Å². The SMILES string of the molecule is CCCN(CCC)C(=O)COc1ccc(-c2cc(-c3ccc(O)c(C)c3)nc(=O)[nH]2)cc1. The van der Waals surface area contributed by atoms with Gasteiger partial charge in [0.05, 0.1) is 11.4 Å². The maximum Gasteiger partial charge on any atom is 0.345 e. The zero-order valence-electron chi connectivity index (χ0n) is 18.7. The fraction of sp³-hybridized carbons (Fsp3) is 0.320. The van der Waals surface area contributed by atoms with Gasteiger partial charge in [-0.15, -0.1) is 0 Å². The summed E-state index contributed by atoms with van der Waals surface area (Å²) in [5.74, 6) is 0.756. The number of carbonyl (C=O) groups excluding carboxylic acids is 1. The predicted octanol–water partition coefficient (Wildman–Crippen LogP) is 4.15. The number of hydrogen-bond donors (Lipinski definition) is 2. The molecular formula is C25H29N3O4. The van der Waals surface area contributed by atoms with Crippen LogP contribution in [0, 0.1) is 6.92 Å². The molecule has 0 radical (unpaired) electrons. The summed E-state index contributed by atoms with van der Waals surface area (Å²) < 4.78 is 5.67. The molecule has 3 rings (SSSR count). The fourth-order valence-corrected chi connectivity index (χ4v) is 3.44. The molecule has 0 aliphatic rings. The molecule has 32 heavy (non-hydrogen) atoms. The molecule has 7 heteroatoms. The van der Waals surface area contributed by atoms with E-state index >= 15 is 0 Å². The van der Waals surface area contributed by atoms with E-state index in [2.05, 4.69) is 9.97 Å². The van der Waals surface area contributed by atoms with Crippen molar-refractivity contribution >= 4 is 5.91 Å². The minimum Gasteiger partial charge on any atom is -0.508 e. The van der Waals surface area contributed by atoms with Crippen molar-refractivity contribution < 1.29 is 14.6 Å². The third-order valence-electron chi connectivity index (χ3n) is 5.10. The summed E-state index contributed by atoms with van der Waals surface area (Å²) in [5, 5.41) is 9.74. The summed E-state index contributed by atoms with van der Waals surface area (Å²) in [6, 6.07) is 14.1. The molecular weight excluding hydrogens is 406 g/mol. The lowest BCUT2D eigenvalue weighted by atomic mass is 10.1. The normalized spacial score (nSPS) is 10.7. The first-order valence-corrected chi connectivity index (χ1v) is 10.8. The van der Waals surface area contributed by atoms with E-state index < -0.39 is 5.69 Å². The number of aromatic hydroxyl groups is 1. The molecule has 1 heterocycles. The number of carbonyl (C=O) groups is 1. The van der Waals surface area contributed by atoms with Crippen molar-refractivity contribution in [3.8, 4) is 34.0 Å². The molecule has 2 aromatic carbocycles. The summed E-state index contributed by atoms with van der Waals surface area (Å²) in [4.78, 5) is 33.2. The zero-order chi connectivity index (χ0) is 23.1. The van der Waals surface area contributed by atoms with E-state index in [0.717, 1.165) is 37.1 Å². The fourth-order valence-electron chi connectivity index (χ4n) is 3.44. The van der Waals surface area contributed by atoms with Crippen molar-refractivity contribution in [2.24, 2.45) is 0 Å². The van der Waals surface area contributed by atoms with Gasteiger partial charge in [-0.05, 0) is 79.4 Å². The van der Waals surface area contributed by atoms with Gasteiger partial charge in [-0.25, -0.2) is 4.79 Å². The highest BCUT2D eigenvalue weighted by atomic mass is 16.5. The van der Waals surface area contributed by atoms with Crippen LogP contribution in [0.15, 0.2) is 53.3 Å². The predicted molar refractivity (Wildman–Crippen MR) is 125 cm³/mol. The number of benzene rings is 2. The number of aromatic nitrogens is 2. The number of rotatable bonds is 9. The van der Waals surface area contributed by atoms with E-state index in [1.54, 1.807) is 43.3 Å². The highest BCUT2D eigenvalue weighted by Gasteiger charge is 2.13. The van der Waals surface area contributed by atoms with E-state index in [4.69, 9.17) is 4.74 Å². The molecule has 1 amide bonds. The minimum atomic E-state index is -0.457. The van der Waals surface area contributed by atoms with E-state index in [-0.39, 0.29) is 18.3 Å². The highest BCUT2D eigenvalue weighted by molar-refractivity contribution is 5.77. The van der Waals surface area contributed by atoms with E-state index in [9.17, 15) is 14.7 Å². The van der Waals surface area contributed by atoms with Crippen LogP contribution in [0.25, 0.3) is 22.5 Å². The Morgan fingerprint density at radius 2 is 1.69 bits per heavy atom. The molecule has 0 bridgehead atoms. The first kappa shape index (κ1) is 23.1. The average Bonchev–Trinajstić information content (AvgIpc) is 2.79. The van der Waals surface area contributed by atoms with E-state index in [0.29, 0.717) is 22.7 Å². The number of phenols is 1. The molecule has 0 spiro atoms.